The SMILES string of the molecule is CC(C)n1cc(C(=O)c2cncc(CC(=O)Cc3cn(C4CC4)nc3C(F)(F)F)c2)c2cncnc21. The predicted molar refractivity (Wildman–Crippen MR) is 123 cm³/mol. The van der Waals surface area contributed by atoms with Gasteiger partial charge in [-0.25, -0.2) is 9.97 Å². The summed E-state index contributed by atoms with van der Waals surface area (Å²) in [5, 5.41) is 4.29. The molecule has 0 atom stereocenters. The van der Waals surface area contributed by atoms with Crippen molar-refractivity contribution >= 4 is 22.6 Å². The zero-order valence-corrected chi connectivity index (χ0v) is 19.7. The van der Waals surface area contributed by atoms with E-state index in [0.717, 1.165) is 12.8 Å². The number of Topliss-reactive ketones (excluding diaryl/α,β-unsaturated/α-hetero) is 1. The van der Waals surface area contributed by atoms with Crippen molar-refractivity contribution in [1.82, 2.24) is 29.3 Å². The summed E-state index contributed by atoms with van der Waals surface area (Å²) in [5.41, 5.74) is 0.596. The van der Waals surface area contributed by atoms with E-state index in [1.165, 1.54) is 29.6 Å². The number of alkyl halides is 3. The first-order chi connectivity index (χ1) is 17.1. The van der Waals surface area contributed by atoms with Crippen molar-refractivity contribution < 1.29 is 22.8 Å². The molecule has 0 N–H and O–H groups in total. The van der Waals surface area contributed by atoms with Crippen LogP contribution in [0.4, 0.5) is 13.2 Å². The van der Waals surface area contributed by atoms with Crippen LogP contribution in [-0.4, -0.2) is 40.9 Å². The fourth-order valence-electron chi connectivity index (χ4n) is 4.25. The maximum atomic E-state index is 13.4. The molecule has 1 aliphatic carbocycles. The third kappa shape index (κ3) is 4.65. The maximum Gasteiger partial charge on any atom is 0.435 e. The van der Waals surface area contributed by atoms with Crippen molar-refractivity contribution in [2.24, 2.45) is 0 Å². The van der Waals surface area contributed by atoms with E-state index < -0.39 is 24.1 Å². The van der Waals surface area contributed by atoms with E-state index in [4.69, 9.17) is 0 Å². The molecule has 4 aromatic heterocycles. The van der Waals surface area contributed by atoms with Crippen LogP contribution in [0.15, 0.2) is 43.4 Å². The highest BCUT2D eigenvalue weighted by molar-refractivity contribution is 6.15. The van der Waals surface area contributed by atoms with Crippen LogP contribution in [-0.2, 0) is 23.8 Å². The van der Waals surface area contributed by atoms with Crippen LogP contribution in [0.2, 0.25) is 0 Å². The minimum atomic E-state index is -4.64. The standard InChI is InChI=1S/C25H23F3N6O2/c1-14(2)33-12-21(20-10-30-13-31-24(20)33)22(36)16-5-15(8-29-9-16)6-19(35)7-17-11-34(18-3-4-18)32-23(17)25(26,27)28/h5,8-14,18H,3-4,6-7H2,1-2H3. The number of hydrogen-bond donors (Lipinski definition) is 0. The number of fused-ring (bicyclic) bond motifs is 1. The van der Waals surface area contributed by atoms with Gasteiger partial charge in [-0.2, -0.15) is 18.3 Å². The number of pyridine rings is 1. The number of carbonyl (C=O) groups excluding carboxylic acids is 2. The van der Waals surface area contributed by atoms with Crippen molar-refractivity contribution in [3.63, 3.8) is 0 Å². The van der Waals surface area contributed by atoms with E-state index in [2.05, 4.69) is 20.1 Å². The minimum absolute atomic E-state index is 0.0334. The third-order valence-electron chi connectivity index (χ3n) is 6.14. The fourth-order valence-corrected chi connectivity index (χ4v) is 4.25. The number of aromatic nitrogens is 6. The number of nitrogens with zero attached hydrogens (tertiary/aromatic N) is 6. The number of halogens is 3. The molecular formula is C25H23F3N6O2. The number of carbonyl (C=O) groups is 2. The van der Waals surface area contributed by atoms with E-state index in [1.807, 2.05) is 18.4 Å². The van der Waals surface area contributed by atoms with Crippen molar-refractivity contribution in [3.8, 4) is 0 Å². The minimum Gasteiger partial charge on any atom is -0.329 e. The van der Waals surface area contributed by atoms with Crippen molar-refractivity contribution in [2.75, 3.05) is 0 Å². The highest BCUT2D eigenvalue weighted by Crippen LogP contribution is 2.38. The molecular weight excluding hydrogens is 473 g/mol. The highest BCUT2D eigenvalue weighted by Gasteiger charge is 2.39. The Bertz CT molecular complexity index is 1470. The quantitative estimate of drug-likeness (QED) is 0.332. The lowest BCUT2D eigenvalue weighted by Crippen LogP contribution is -2.13. The molecule has 186 valence electrons. The zero-order valence-electron chi connectivity index (χ0n) is 19.7. The number of rotatable bonds is 8. The second-order valence-corrected chi connectivity index (χ2v) is 9.32. The largest absolute Gasteiger partial charge is 0.435 e. The normalized spacial score (nSPS) is 14.1. The Morgan fingerprint density at radius 3 is 2.56 bits per heavy atom. The Kier molecular flexibility index (Phi) is 5.93. The summed E-state index contributed by atoms with van der Waals surface area (Å²) in [4.78, 5) is 38.5. The first-order valence-corrected chi connectivity index (χ1v) is 11.6. The highest BCUT2D eigenvalue weighted by atomic mass is 19.4. The lowest BCUT2D eigenvalue weighted by Gasteiger charge is -2.07. The smallest absolute Gasteiger partial charge is 0.329 e. The summed E-state index contributed by atoms with van der Waals surface area (Å²) < 4.78 is 43.5. The van der Waals surface area contributed by atoms with Crippen molar-refractivity contribution in [2.45, 2.75) is 57.8 Å². The average Bonchev–Trinajstić information content (AvgIpc) is 3.46. The molecule has 36 heavy (non-hydrogen) atoms. The van der Waals surface area contributed by atoms with Crippen molar-refractivity contribution in [1.29, 1.82) is 0 Å². The van der Waals surface area contributed by atoms with Crippen LogP contribution in [0, 0.1) is 0 Å². The second-order valence-electron chi connectivity index (χ2n) is 9.32. The van der Waals surface area contributed by atoms with Gasteiger partial charge in [0.05, 0.1) is 11.6 Å². The summed E-state index contributed by atoms with van der Waals surface area (Å²) in [6.07, 6.45) is 5.24. The van der Waals surface area contributed by atoms with E-state index in [-0.39, 0.29) is 35.4 Å². The summed E-state index contributed by atoms with van der Waals surface area (Å²) in [7, 11) is 0. The maximum absolute atomic E-state index is 13.4. The van der Waals surface area contributed by atoms with Gasteiger partial charge in [0.1, 0.15) is 17.8 Å². The van der Waals surface area contributed by atoms with Crippen molar-refractivity contribution in [3.05, 3.63) is 71.3 Å². The van der Waals surface area contributed by atoms with Crippen LogP contribution in [0.1, 0.15) is 71.5 Å². The predicted octanol–water partition coefficient (Wildman–Crippen LogP) is 4.54. The van der Waals surface area contributed by atoms with Gasteiger partial charge in [0.25, 0.3) is 0 Å². The fraction of sp³-hybridized carbons (Fsp3) is 0.360. The van der Waals surface area contributed by atoms with Crippen LogP contribution in [0.3, 0.4) is 0 Å². The lowest BCUT2D eigenvalue weighted by molar-refractivity contribution is -0.142. The topological polar surface area (TPSA) is 95.6 Å². The van der Waals surface area contributed by atoms with Gasteiger partial charge >= 0.3 is 6.18 Å². The molecule has 0 aromatic carbocycles. The molecule has 1 fully saturated rings. The molecule has 0 unspecified atom stereocenters. The number of hydrogen-bond acceptors (Lipinski definition) is 6. The number of ketones is 2. The summed E-state index contributed by atoms with van der Waals surface area (Å²) in [5.74, 6) is -0.729. The summed E-state index contributed by atoms with van der Waals surface area (Å²) in [6.45, 7) is 3.95. The molecule has 0 bridgehead atoms. The molecule has 1 aliphatic rings. The van der Waals surface area contributed by atoms with Gasteiger partial charge < -0.3 is 4.57 Å². The molecule has 0 radical (unpaired) electrons. The van der Waals surface area contributed by atoms with Crippen LogP contribution in [0.5, 0.6) is 0 Å². The Morgan fingerprint density at radius 1 is 1.08 bits per heavy atom. The van der Waals surface area contributed by atoms with Gasteiger partial charge in [0.2, 0.25) is 0 Å². The lowest BCUT2D eigenvalue weighted by atomic mass is 10.0. The third-order valence-corrected chi connectivity index (χ3v) is 6.14. The van der Waals surface area contributed by atoms with Crippen LogP contribution >= 0.6 is 0 Å². The molecule has 4 heterocycles. The Hall–Kier alpha value is -3.89. The average molecular weight is 496 g/mol. The van der Waals surface area contributed by atoms with Gasteiger partial charge in [-0.15, -0.1) is 0 Å². The van der Waals surface area contributed by atoms with Crippen LogP contribution < -0.4 is 0 Å². The molecule has 0 aliphatic heterocycles. The molecule has 4 aromatic rings. The van der Waals surface area contributed by atoms with E-state index in [0.29, 0.717) is 22.2 Å². The Balaban J connectivity index is 1.37. The summed E-state index contributed by atoms with van der Waals surface area (Å²) >= 11 is 0. The van der Waals surface area contributed by atoms with Gasteiger partial charge in [-0.1, -0.05) is 0 Å². The van der Waals surface area contributed by atoms with Gasteiger partial charge in [0.15, 0.2) is 11.5 Å². The van der Waals surface area contributed by atoms with Gasteiger partial charge in [-0.05, 0) is 38.3 Å². The molecule has 8 nitrogen and oxygen atoms in total. The van der Waals surface area contributed by atoms with Gasteiger partial charge in [-0.3, -0.25) is 19.3 Å². The second kappa shape index (κ2) is 8.96. The first-order valence-electron chi connectivity index (χ1n) is 11.6. The Labute approximate surface area is 204 Å². The van der Waals surface area contributed by atoms with Gasteiger partial charge in [0, 0.05) is 66.4 Å². The summed E-state index contributed by atoms with van der Waals surface area (Å²) in [6, 6.07) is 1.58. The Morgan fingerprint density at radius 2 is 1.86 bits per heavy atom. The van der Waals surface area contributed by atoms with E-state index in [9.17, 15) is 22.8 Å². The molecule has 5 rings (SSSR count). The zero-order chi connectivity index (χ0) is 25.6. The first kappa shape index (κ1) is 23.8. The molecule has 1 saturated carbocycles. The molecule has 0 saturated heterocycles. The molecule has 0 amide bonds. The van der Waals surface area contributed by atoms with E-state index >= 15 is 0 Å². The molecule has 0 spiro atoms. The molecule has 11 heteroatoms. The van der Waals surface area contributed by atoms with E-state index in [1.54, 1.807) is 18.5 Å². The van der Waals surface area contributed by atoms with Crippen LogP contribution in [0.25, 0.3) is 11.0 Å². The monoisotopic (exact) mass is 496 g/mol.